The molecule has 0 radical (unpaired) electrons. The Morgan fingerprint density at radius 3 is 2.30 bits per heavy atom. The van der Waals surface area contributed by atoms with Crippen molar-refractivity contribution in [1.29, 1.82) is 0 Å². The summed E-state index contributed by atoms with van der Waals surface area (Å²) in [7, 11) is 0. The molecule has 0 aliphatic heterocycles. The van der Waals surface area contributed by atoms with Crippen molar-refractivity contribution >= 4 is 5.97 Å². The monoisotopic (exact) mass is 276 g/mol. The van der Waals surface area contributed by atoms with E-state index < -0.39 is 0 Å². The van der Waals surface area contributed by atoms with Gasteiger partial charge in [-0.15, -0.1) is 0 Å². The van der Waals surface area contributed by atoms with Crippen LogP contribution in [0.3, 0.4) is 0 Å². The summed E-state index contributed by atoms with van der Waals surface area (Å²) in [6.45, 7) is 8.69. The fourth-order valence-electron chi connectivity index (χ4n) is 2.76. The molecule has 4 nitrogen and oxygen atoms in total. The van der Waals surface area contributed by atoms with E-state index in [1.54, 1.807) is 6.20 Å². The third kappa shape index (κ3) is 3.78. The van der Waals surface area contributed by atoms with Crippen molar-refractivity contribution in [3.05, 3.63) is 23.8 Å². The first-order valence-electron chi connectivity index (χ1n) is 7.36. The maximum Gasteiger partial charge on any atom is 0.358 e. The van der Waals surface area contributed by atoms with Gasteiger partial charge in [-0.05, 0) is 43.9 Å². The summed E-state index contributed by atoms with van der Waals surface area (Å²) in [6, 6.07) is 0. The molecule has 1 saturated carbocycles. The quantitative estimate of drug-likeness (QED) is 0.775. The lowest BCUT2D eigenvalue weighted by atomic mass is 9.72. The summed E-state index contributed by atoms with van der Waals surface area (Å²) in [5.41, 5.74) is 1.44. The molecule has 1 heterocycles. The maximum atomic E-state index is 12.0. The van der Waals surface area contributed by atoms with Crippen molar-refractivity contribution in [2.45, 2.75) is 59.5 Å². The number of esters is 1. The average molecular weight is 276 g/mol. The number of hydrogen-bond donors (Lipinski definition) is 0. The van der Waals surface area contributed by atoms with Crippen molar-refractivity contribution in [3.63, 3.8) is 0 Å². The second-order valence-electron chi connectivity index (χ2n) is 6.79. The number of hydrogen-bond acceptors (Lipinski definition) is 4. The molecule has 0 bridgehead atoms. The number of aryl methyl sites for hydroxylation is 1. The van der Waals surface area contributed by atoms with Crippen LogP contribution in [0.25, 0.3) is 0 Å². The molecule has 0 unspecified atom stereocenters. The van der Waals surface area contributed by atoms with Gasteiger partial charge in [0.15, 0.2) is 5.69 Å². The molecular formula is C16H24N2O2. The van der Waals surface area contributed by atoms with Crippen LogP contribution in [-0.2, 0) is 4.74 Å². The van der Waals surface area contributed by atoms with E-state index in [0.29, 0.717) is 11.1 Å². The lowest BCUT2D eigenvalue weighted by Crippen LogP contribution is -2.30. The Kier molecular flexibility index (Phi) is 4.41. The highest BCUT2D eigenvalue weighted by atomic mass is 16.5. The standard InChI is InChI=1S/C16H24N2O2/c1-11-9-18-14(10-17-11)15(19)20-13-7-5-12(6-8-13)16(2,3)4/h9-10,12-13H,5-8H2,1-4H3. The predicted molar refractivity (Wildman–Crippen MR) is 77.4 cm³/mol. The highest BCUT2D eigenvalue weighted by molar-refractivity contribution is 5.86. The number of aromatic nitrogens is 2. The van der Waals surface area contributed by atoms with Crippen LogP contribution in [0.2, 0.25) is 0 Å². The number of carbonyl (C=O) groups is 1. The highest BCUT2D eigenvalue weighted by Crippen LogP contribution is 2.38. The SMILES string of the molecule is Cc1cnc(C(=O)OC2CCC(C(C)(C)C)CC2)cn1. The summed E-state index contributed by atoms with van der Waals surface area (Å²) < 4.78 is 5.54. The molecule has 1 aliphatic rings. The van der Waals surface area contributed by atoms with Gasteiger partial charge in [-0.3, -0.25) is 4.98 Å². The normalized spacial score (nSPS) is 23.4. The first-order chi connectivity index (χ1) is 9.36. The zero-order valence-corrected chi connectivity index (χ0v) is 12.8. The molecule has 1 fully saturated rings. The largest absolute Gasteiger partial charge is 0.458 e. The summed E-state index contributed by atoms with van der Waals surface area (Å²) in [5.74, 6) is 0.369. The van der Waals surface area contributed by atoms with Gasteiger partial charge < -0.3 is 4.74 Å². The van der Waals surface area contributed by atoms with Gasteiger partial charge in [0.25, 0.3) is 0 Å². The molecule has 1 aliphatic carbocycles. The average Bonchev–Trinajstić information content (AvgIpc) is 2.39. The Morgan fingerprint density at radius 1 is 1.15 bits per heavy atom. The maximum absolute atomic E-state index is 12.0. The van der Waals surface area contributed by atoms with Crippen LogP contribution in [0, 0.1) is 18.3 Å². The second-order valence-corrected chi connectivity index (χ2v) is 6.79. The van der Waals surface area contributed by atoms with Gasteiger partial charge in [-0.1, -0.05) is 20.8 Å². The van der Waals surface area contributed by atoms with E-state index >= 15 is 0 Å². The Bertz CT molecular complexity index is 454. The summed E-state index contributed by atoms with van der Waals surface area (Å²) in [4.78, 5) is 20.1. The molecule has 20 heavy (non-hydrogen) atoms. The highest BCUT2D eigenvalue weighted by Gasteiger charge is 2.31. The lowest BCUT2D eigenvalue weighted by molar-refractivity contribution is 0.00866. The first-order valence-corrected chi connectivity index (χ1v) is 7.36. The number of ether oxygens (including phenoxy) is 1. The van der Waals surface area contributed by atoms with Gasteiger partial charge in [-0.2, -0.15) is 0 Å². The molecule has 110 valence electrons. The van der Waals surface area contributed by atoms with Crippen LogP contribution >= 0.6 is 0 Å². The minimum absolute atomic E-state index is 0.0317. The predicted octanol–water partition coefficient (Wildman–Crippen LogP) is 3.55. The number of nitrogens with zero attached hydrogens (tertiary/aromatic N) is 2. The minimum atomic E-state index is -0.350. The smallest absolute Gasteiger partial charge is 0.358 e. The van der Waals surface area contributed by atoms with Gasteiger partial charge in [0.05, 0.1) is 11.9 Å². The fourth-order valence-corrected chi connectivity index (χ4v) is 2.76. The van der Waals surface area contributed by atoms with Crippen LogP contribution in [0.5, 0.6) is 0 Å². The van der Waals surface area contributed by atoms with Gasteiger partial charge in [0, 0.05) is 6.20 Å². The first kappa shape index (κ1) is 14.9. The molecule has 0 saturated heterocycles. The van der Waals surface area contributed by atoms with Crippen molar-refractivity contribution < 1.29 is 9.53 Å². The van der Waals surface area contributed by atoms with E-state index in [4.69, 9.17) is 4.74 Å². The fraction of sp³-hybridized carbons (Fsp3) is 0.688. The van der Waals surface area contributed by atoms with Crippen molar-refractivity contribution in [2.24, 2.45) is 11.3 Å². The van der Waals surface area contributed by atoms with E-state index in [0.717, 1.165) is 37.3 Å². The third-order valence-corrected chi connectivity index (χ3v) is 4.16. The zero-order chi connectivity index (χ0) is 14.8. The Morgan fingerprint density at radius 2 is 1.80 bits per heavy atom. The Labute approximate surface area is 121 Å². The van der Waals surface area contributed by atoms with Gasteiger partial charge in [0.1, 0.15) is 6.10 Å². The van der Waals surface area contributed by atoms with E-state index in [1.165, 1.54) is 6.20 Å². The minimum Gasteiger partial charge on any atom is -0.458 e. The molecule has 1 aromatic heterocycles. The second kappa shape index (κ2) is 5.90. The molecule has 1 aromatic rings. The lowest BCUT2D eigenvalue weighted by Gasteiger charge is -2.36. The van der Waals surface area contributed by atoms with Crippen LogP contribution < -0.4 is 0 Å². The van der Waals surface area contributed by atoms with Crippen molar-refractivity contribution in [3.8, 4) is 0 Å². The van der Waals surface area contributed by atoms with Crippen LogP contribution in [0.1, 0.15) is 62.6 Å². The Balaban J connectivity index is 1.86. The molecule has 0 atom stereocenters. The van der Waals surface area contributed by atoms with Crippen molar-refractivity contribution in [1.82, 2.24) is 9.97 Å². The van der Waals surface area contributed by atoms with Crippen molar-refractivity contribution in [2.75, 3.05) is 0 Å². The van der Waals surface area contributed by atoms with E-state index in [-0.39, 0.29) is 12.1 Å². The summed E-state index contributed by atoms with van der Waals surface area (Å²) in [5, 5.41) is 0. The third-order valence-electron chi connectivity index (χ3n) is 4.16. The molecule has 4 heteroatoms. The van der Waals surface area contributed by atoms with Gasteiger partial charge in [-0.25, -0.2) is 9.78 Å². The van der Waals surface area contributed by atoms with Crippen LogP contribution in [-0.4, -0.2) is 22.0 Å². The van der Waals surface area contributed by atoms with Gasteiger partial charge in [0.2, 0.25) is 0 Å². The molecule has 0 spiro atoms. The van der Waals surface area contributed by atoms with Crippen LogP contribution in [0.4, 0.5) is 0 Å². The number of carbonyl (C=O) groups excluding carboxylic acids is 1. The van der Waals surface area contributed by atoms with Gasteiger partial charge >= 0.3 is 5.97 Å². The molecule has 0 amide bonds. The van der Waals surface area contributed by atoms with E-state index in [2.05, 4.69) is 30.7 Å². The van der Waals surface area contributed by atoms with E-state index in [1.807, 2.05) is 6.92 Å². The molecular weight excluding hydrogens is 252 g/mol. The van der Waals surface area contributed by atoms with Crippen LogP contribution in [0.15, 0.2) is 12.4 Å². The Hall–Kier alpha value is -1.45. The zero-order valence-electron chi connectivity index (χ0n) is 12.8. The molecule has 0 N–H and O–H groups in total. The van der Waals surface area contributed by atoms with E-state index in [9.17, 15) is 4.79 Å². The topological polar surface area (TPSA) is 52.1 Å². The summed E-state index contributed by atoms with van der Waals surface area (Å²) >= 11 is 0. The number of rotatable bonds is 2. The summed E-state index contributed by atoms with van der Waals surface area (Å²) in [6.07, 6.45) is 7.26. The molecule has 2 rings (SSSR count). The molecule has 0 aromatic carbocycles.